The molecule has 0 saturated carbocycles. The minimum Gasteiger partial charge on any atom is -0.496 e. The molecule has 0 saturated heterocycles. The highest BCUT2D eigenvalue weighted by Crippen LogP contribution is 2.28. The SMILES string of the molecule is COC(=O)CCC(N)c1ccc(OC)c(C)c1C. The predicted octanol–water partition coefficient (Wildman–Crippen LogP) is 2.27. The average molecular weight is 251 g/mol. The summed E-state index contributed by atoms with van der Waals surface area (Å²) in [6.45, 7) is 4.02. The van der Waals surface area contributed by atoms with Crippen LogP contribution in [0.4, 0.5) is 0 Å². The van der Waals surface area contributed by atoms with E-state index in [0.717, 1.165) is 22.4 Å². The minimum atomic E-state index is -0.228. The van der Waals surface area contributed by atoms with E-state index in [2.05, 4.69) is 4.74 Å². The molecule has 100 valence electrons. The second-order valence-electron chi connectivity index (χ2n) is 4.33. The molecule has 1 aromatic carbocycles. The minimum absolute atomic E-state index is 0.159. The maximum Gasteiger partial charge on any atom is 0.305 e. The Morgan fingerprint density at radius 1 is 1.28 bits per heavy atom. The predicted molar refractivity (Wildman–Crippen MR) is 70.6 cm³/mol. The molecule has 0 radical (unpaired) electrons. The van der Waals surface area contributed by atoms with Gasteiger partial charge in [-0.05, 0) is 43.0 Å². The zero-order chi connectivity index (χ0) is 13.7. The summed E-state index contributed by atoms with van der Waals surface area (Å²) in [6, 6.07) is 3.72. The van der Waals surface area contributed by atoms with Crippen molar-refractivity contribution in [1.82, 2.24) is 0 Å². The third-order valence-corrected chi connectivity index (χ3v) is 3.29. The Bertz CT molecular complexity index is 429. The van der Waals surface area contributed by atoms with Crippen LogP contribution in [0.3, 0.4) is 0 Å². The number of rotatable bonds is 5. The van der Waals surface area contributed by atoms with E-state index in [-0.39, 0.29) is 12.0 Å². The van der Waals surface area contributed by atoms with Crippen molar-refractivity contribution in [2.75, 3.05) is 14.2 Å². The Labute approximate surface area is 108 Å². The molecule has 1 unspecified atom stereocenters. The number of nitrogens with two attached hydrogens (primary N) is 1. The Morgan fingerprint density at radius 2 is 1.94 bits per heavy atom. The molecule has 18 heavy (non-hydrogen) atoms. The third kappa shape index (κ3) is 3.23. The number of carbonyl (C=O) groups excluding carboxylic acids is 1. The number of ether oxygens (including phenoxy) is 2. The Hall–Kier alpha value is -1.55. The fourth-order valence-electron chi connectivity index (χ4n) is 1.97. The van der Waals surface area contributed by atoms with Gasteiger partial charge < -0.3 is 15.2 Å². The molecule has 0 heterocycles. The lowest BCUT2D eigenvalue weighted by Gasteiger charge is -2.17. The second-order valence-corrected chi connectivity index (χ2v) is 4.33. The monoisotopic (exact) mass is 251 g/mol. The van der Waals surface area contributed by atoms with E-state index in [9.17, 15) is 4.79 Å². The molecule has 1 rings (SSSR count). The third-order valence-electron chi connectivity index (χ3n) is 3.29. The van der Waals surface area contributed by atoms with E-state index in [4.69, 9.17) is 10.5 Å². The Balaban J connectivity index is 2.83. The number of hydrogen-bond donors (Lipinski definition) is 1. The number of hydrogen-bond acceptors (Lipinski definition) is 4. The van der Waals surface area contributed by atoms with Gasteiger partial charge in [-0.3, -0.25) is 4.79 Å². The smallest absolute Gasteiger partial charge is 0.305 e. The molecule has 0 amide bonds. The van der Waals surface area contributed by atoms with Gasteiger partial charge in [-0.25, -0.2) is 0 Å². The summed E-state index contributed by atoms with van der Waals surface area (Å²) < 4.78 is 9.87. The van der Waals surface area contributed by atoms with Crippen LogP contribution in [0.5, 0.6) is 5.75 Å². The van der Waals surface area contributed by atoms with Crippen LogP contribution >= 0.6 is 0 Å². The fourth-order valence-corrected chi connectivity index (χ4v) is 1.97. The molecule has 0 aliphatic rings. The van der Waals surface area contributed by atoms with E-state index in [1.165, 1.54) is 7.11 Å². The maximum atomic E-state index is 11.1. The molecular formula is C14H21NO3. The lowest BCUT2D eigenvalue weighted by atomic mass is 9.94. The van der Waals surface area contributed by atoms with E-state index < -0.39 is 0 Å². The van der Waals surface area contributed by atoms with Gasteiger partial charge in [0.1, 0.15) is 5.75 Å². The Kier molecular flexibility index (Phi) is 5.16. The number of esters is 1. The number of benzene rings is 1. The highest BCUT2D eigenvalue weighted by Gasteiger charge is 2.14. The van der Waals surface area contributed by atoms with E-state index in [0.29, 0.717) is 12.8 Å². The first-order chi connectivity index (χ1) is 8.51. The molecule has 1 aromatic rings. The van der Waals surface area contributed by atoms with Gasteiger partial charge in [-0.1, -0.05) is 6.07 Å². The van der Waals surface area contributed by atoms with Crippen molar-refractivity contribution in [2.24, 2.45) is 5.73 Å². The normalized spacial score (nSPS) is 12.1. The largest absolute Gasteiger partial charge is 0.496 e. The summed E-state index contributed by atoms with van der Waals surface area (Å²) in [5, 5.41) is 0. The van der Waals surface area contributed by atoms with Crippen LogP contribution in [-0.4, -0.2) is 20.2 Å². The maximum absolute atomic E-state index is 11.1. The van der Waals surface area contributed by atoms with Crippen LogP contribution in [-0.2, 0) is 9.53 Å². The average Bonchev–Trinajstić information content (AvgIpc) is 2.38. The van der Waals surface area contributed by atoms with Crippen molar-refractivity contribution in [1.29, 1.82) is 0 Å². The van der Waals surface area contributed by atoms with Crippen LogP contribution in [0.15, 0.2) is 12.1 Å². The van der Waals surface area contributed by atoms with Crippen LogP contribution in [0, 0.1) is 13.8 Å². The van der Waals surface area contributed by atoms with Crippen molar-refractivity contribution in [3.8, 4) is 5.75 Å². The standard InChI is InChI=1S/C14H21NO3/c1-9-10(2)13(17-3)7-5-11(9)12(15)6-8-14(16)18-4/h5,7,12H,6,8,15H2,1-4H3. The molecule has 1 atom stereocenters. The first kappa shape index (κ1) is 14.5. The lowest BCUT2D eigenvalue weighted by Crippen LogP contribution is -2.15. The molecule has 2 N–H and O–H groups in total. The van der Waals surface area contributed by atoms with E-state index in [1.54, 1.807) is 7.11 Å². The zero-order valence-electron chi connectivity index (χ0n) is 11.4. The molecule has 0 bridgehead atoms. The van der Waals surface area contributed by atoms with Crippen molar-refractivity contribution >= 4 is 5.97 Å². The van der Waals surface area contributed by atoms with Crippen molar-refractivity contribution in [2.45, 2.75) is 32.7 Å². The molecule has 4 nitrogen and oxygen atoms in total. The summed E-state index contributed by atoms with van der Waals surface area (Å²) >= 11 is 0. The van der Waals surface area contributed by atoms with Crippen molar-refractivity contribution < 1.29 is 14.3 Å². The first-order valence-corrected chi connectivity index (χ1v) is 5.97. The molecule has 0 aliphatic carbocycles. The summed E-state index contributed by atoms with van der Waals surface area (Å²) in [5.41, 5.74) is 9.37. The number of carbonyl (C=O) groups is 1. The van der Waals surface area contributed by atoms with Gasteiger partial charge in [0.15, 0.2) is 0 Å². The first-order valence-electron chi connectivity index (χ1n) is 5.97. The fraction of sp³-hybridized carbons (Fsp3) is 0.500. The summed E-state index contributed by atoms with van der Waals surface area (Å²) in [5.74, 6) is 0.629. The topological polar surface area (TPSA) is 61.5 Å². The molecule has 0 spiro atoms. The molecule has 0 fully saturated rings. The van der Waals surface area contributed by atoms with Gasteiger partial charge >= 0.3 is 5.97 Å². The van der Waals surface area contributed by atoms with Gasteiger partial charge in [-0.15, -0.1) is 0 Å². The highest BCUT2D eigenvalue weighted by atomic mass is 16.5. The Morgan fingerprint density at radius 3 is 2.50 bits per heavy atom. The van der Waals surface area contributed by atoms with E-state index in [1.807, 2.05) is 26.0 Å². The van der Waals surface area contributed by atoms with Crippen LogP contribution < -0.4 is 10.5 Å². The number of methoxy groups -OCH3 is 2. The highest BCUT2D eigenvalue weighted by molar-refractivity contribution is 5.69. The quantitative estimate of drug-likeness (QED) is 0.815. The summed E-state index contributed by atoms with van der Waals surface area (Å²) in [4.78, 5) is 11.1. The van der Waals surface area contributed by atoms with Gasteiger partial charge in [0.05, 0.1) is 14.2 Å². The van der Waals surface area contributed by atoms with Crippen molar-refractivity contribution in [3.63, 3.8) is 0 Å². The second kappa shape index (κ2) is 6.40. The van der Waals surface area contributed by atoms with Crippen LogP contribution in [0.1, 0.15) is 35.6 Å². The lowest BCUT2D eigenvalue weighted by molar-refractivity contribution is -0.140. The van der Waals surface area contributed by atoms with Gasteiger partial charge in [0, 0.05) is 12.5 Å². The van der Waals surface area contributed by atoms with Gasteiger partial charge in [0.2, 0.25) is 0 Å². The molecule has 4 heteroatoms. The van der Waals surface area contributed by atoms with Gasteiger partial charge in [-0.2, -0.15) is 0 Å². The van der Waals surface area contributed by atoms with Crippen molar-refractivity contribution in [3.05, 3.63) is 28.8 Å². The zero-order valence-corrected chi connectivity index (χ0v) is 11.4. The van der Waals surface area contributed by atoms with E-state index >= 15 is 0 Å². The van der Waals surface area contributed by atoms with Gasteiger partial charge in [0.25, 0.3) is 0 Å². The molecular weight excluding hydrogens is 230 g/mol. The molecule has 0 aromatic heterocycles. The summed E-state index contributed by atoms with van der Waals surface area (Å²) in [6.07, 6.45) is 0.918. The molecule has 0 aliphatic heterocycles. The summed E-state index contributed by atoms with van der Waals surface area (Å²) in [7, 11) is 3.04. The van der Waals surface area contributed by atoms with Crippen LogP contribution in [0.25, 0.3) is 0 Å². The van der Waals surface area contributed by atoms with Crippen LogP contribution in [0.2, 0.25) is 0 Å².